The zero-order chi connectivity index (χ0) is 17.7. The van der Waals surface area contributed by atoms with Gasteiger partial charge in [0, 0.05) is 0 Å². The predicted molar refractivity (Wildman–Crippen MR) is 93.3 cm³/mol. The Bertz CT molecular complexity index is 782. The third-order valence-electron chi connectivity index (χ3n) is 3.16. The van der Waals surface area contributed by atoms with E-state index in [1.54, 1.807) is 26.8 Å². The Kier molecular flexibility index (Phi) is 5.24. The average Bonchev–Trinajstić information content (AvgIpc) is 2.52. The van der Waals surface area contributed by atoms with E-state index >= 15 is 0 Å². The van der Waals surface area contributed by atoms with Crippen LogP contribution < -0.4 is 5.32 Å². The van der Waals surface area contributed by atoms with Crippen molar-refractivity contribution in [2.75, 3.05) is 7.11 Å². The summed E-state index contributed by atoms with van der Waals surface area (Å²) in [6.45, 7) is 5.25. The smallest absolute Gasteiger partial charge is 0.412 e. The summed E-state index contributed by atoms with van der Waals surface area (Å²) in [6.07, 6.45) is 0.873. The number of carbonyl (C=O) groups is 2. The lowest BCUT2D eigenvalue weighted by molar-refractivity contribution is -0.136. The second-order valence-electron chi connectivity index (χ2n) is 6.24. The highest BCUT2D eigenvalue weighted by Gasteiger charge is 2.20. The minimum atomic E-state index is -0.709. The Morgan fingerprint density at radius 2 is 1.71 bits per heavy atom. The molecular weight excluding hydrogens is 306 g/mol. The lowest BCUT2D eigenvalue weighted by Crippen LogP contribution is -2.34. The van der Waals surface area contributed by atoms with Crippen molar-refractivity contribution >= 4 is 28.9 Å². The maximum absolute atomic E-state index is 12.0. The van der Waals surface area contributed by atoms with Crippen molar-refractivity contribution in [1.29, 1.82) is 0 Å². The summed E-state index contributed by atoms with van der Waals surface area (Å²) in [5.41, 5.74) is 0.151. The van der Waals surface area contributed by atoms with E-state index in [0.717, 1.165) is 16.3 Å². The predicted octanol–water partition coefficient (Wildman–Crippen LogP) is 3.88. The monoisotopic (exact) mass is 327 g/mol. The van der Waals surface area contributed by atoms with Crippen LogP contribution in [0.15, 0.2) is 48.2 Å². The van der Waals surface area contributed by atoms with Gasteiger partial charge >= 0.3 is 12.1 Å². The van der Waals surface area contributed by atoms with Crippen molar-refractivity contribution in [2.45, 2.75) is 26.4 Å². The zero-order valence-corrected chi connectivity index (χ0v) is 14.3. The van der Waals surface area contributed by atoms with Crippen LogP contribution in [0.5, 0.6) is 0 Å². The second-order valence-corrected chi connectivity index (χ2v) is 6.24. The second kappa shape index (κ2) is 7.17. The summed E-state index contributed by atoms with van der Waals surface area (Å²) in [6, 6.07) is 13.5. The van der Waals surface area contributed by atoms with Crippen LogP contribution in [-0.4, -0.2) is 24.8 Å². The van der Waals surface area contributed by atoms with Crippen molar-refractivity contribution in [2.24, 2.45) is 0 Å². The fourth-order valence-electron chi connectivity index (χ4n) is 2.20. The summed E-state index contributed by atoms with van der Waals surface area (Å²) < 4.78 is 9.94. The normalized spacial score (nSPS) is 11.9. The molecule has 24 heavy (non-hydrogen) atoms. The van der Waals surface area contributed by atoms with Gasteiger partial charge < -0.3 is 9.47 Å². The number of hydrogen-bond donors (Lipinski definition) is 1. The van der Waals surface area contributed by atoms with Gasteiger partial charge in [-0.05, 0) is 43.2 Å². The Morgan fingerprint density at radius 3 is 2.38 bits per heavy atom. The summed E-state index contributed by atoms with van der Waals surface area (Å²) in [4.78, 5) is 24.0. The fourth-order valence-corrected chi connectivity index (χ4v) is 2.20. The fraction of sp³-hybridized carbons (Fsp3) is 0.263. The van der Waals surface area contributed by atoms with Crippen molar-refractivity contribution in [3.05, 3.63) is 53.7 Å². The van der Waals surface area contributed by atoms with Gasteiger partial charge in [0.15, 0.2) is 0 Å². The Morgan fingerprint density at radius 1 is 1.04 bits per heavy atom. The van der Waals surface area contributed by atoms with E-state index in [1.807, 2.05) is 42.5 Å². The van der Waals surface area contributed by atoms with Crippen LogP contribution >= 0.6 is 0 Å². The van der Waals surface area contributed by atoms with Crippen molar-refractivity contribution in [3.8, 4) is 0 Å². The lowest BCUT2D eigenvalue weighted by atomic mass is 10.0. The van der Waals surface area contributed by atoms with Crippen LogP contribution in [0.1, 0.15) is 26.3 Å². The van der Waals surface area contributed by atoms with E-state index in [9.17, 15) is 9.59 Å². The highest BCUT2D eigenvalue weighted by atomic mass is 16.6. The van der Waals surface area contributed by atoms with Gasteiger partial charge in [-0.15, -0.1) is 0 Å². The highest BCUT2D eigenvalue weighted by Crippen LogP contribution is 2.21. The number of hydrogen-bond acceptors (Lipinski definition) is 4. The molecule has 0 fully saturated rings. The van der Waals surface area contributed by atoms with Crippen LogP contribution in [0.2, 0.25) is 0 Å². The third-order valence-corrected chi connectivity index (χ3v) is 3.16. The third kappa shape index (κ3) is 4.59. The number of methoxy groups -OCH3 is 1. The molecule has 0 aliphatic heterocycles. The molecule has 0 saturated heterocycles. The van der Waals surface area contributed by atoms with Crippen LogP contribution in [0.4, 0.5) is 4.79 Å². The molecule has 5 heteroatoms. The summed E-state index contributed by atoms with van der Waals surface area (Å²) in [7, 11) is 1.26. The molecule has 2 rings (SSSR count). The minimum Gasteiger partial charge on any atom is -0.464 e. The molecule has 0 spiro atoms. The van der Waals surface area contributed by atoms with Gasteiger partial charge in [-0.3, -0.25) is 5.32 Å². The summed E-state index contributed by atoms with van der Waals surface area (Å²) >= 11 is 0. The number of benzene rings is 2. The first-order chi connectivity index (χ1) is 11.3. The van der Waals surface area contributed by atoms with E-state index in [-0.39, 0.29) is 5.70 Å². The molecule has 2 aromatic rings. The largest absolute Gasteiger partial charge is 0.464 e. The van der Waals surface area contributed by atoms with Crippen LogP contribution in [-0.2, 0) is 14.3 Å². The minimum absolute atomic E-state index is 0.0168. The molecule has 0 heterocycles. The van der Waals surface area contributed by atoms with E-state index in [1.165, 1.54) is 7.11 Å². The molecule has 0 bridgehead atoms. The van der Waals surface area contributed by atoms with Gasteiger partial charge in [0.25, 0.3) is 0 Å². The summed E-state index contributed by atoms with van der Waals surface area (Å²) in [5, 5.41) is 4.46. The van der Waals surface area contributed by atoms with Crippen molar-refractivity contribution in [1.82, 2.24) is 5.32 Å². The van der Waals surface area contributed by atoms with Gasteiger partial charge in [-0.2, -0.15) is 0 Å². The van der Waals surface area contributed by atoms with Gasteiger partial charge in [-0.25, -0.2) is 9.59 Å². The van der Waals surface area contributed by atoms with Crippen LogP contribution in [0, 0.1) is 0 Å². The first-order valence-corrected chi connectivity index (χ1v) is 7.58. The van der Waals surface area contributed by atoms with E-state index < -0.39 is 17.7 Å². The molecular formula is C19H21NO4. The first-order valence-electron chi connectivity index (χ1n) is 7.58. The Hall–Kier alpha value is -2.82. The summed E-state index contributed by atoms with van der Waals surface area (Å²) in [5.74, 6) is -0.645. The number of nitrogens with one attached hydrogen (secondary N) is 1. The van der Waals surface area contributed by atoms with Gasteiger partial charge in [0.2, 0.25) is 0 Å². The quantitative estimate of drug-likeness (QED) is 0.686. The van der Waals surface area contributed by atoms with Crippen molar-refractivity contribution in [3.63, 3.8) is 0 Å². The molecule has 2 aromatic carbocycles. The Balaban J connectivity index is 2.38. The maximum atomic E-state index is 12.0. The number of carbonyl (C=O) groups excluding carboxylic acids is 2. The van der Waals surface area contributed by atoms with Crippen molar-refractivity contribution < 1.29 is 19.1 Å². The topological polar surface area (TPSA) is 64.6 Å². The SMILES string of the molecule is COC(=O)/C(=C\c1cccc2ccccc12)NC(=O)OC(C)(C)C. The highest BCUT2D eigenvalue weighted by molar-refractivity contribution is 6.00. The Labute approximate surface area is 141 Å². The van der Waals surface area contributed by atoms with Gasteiger partial charge in [0.05, 0.1) is 7.11 Å². The molecule has 0 atom stereocenters. The maximum Gasteiger partial charge on any atom is 0.412 e. The molecule has 1 amide bonds. The van der Waals surface area contributed by atoms with Gasteiger partial charge in [-0.1, -0.05) is 42.5 Å². The average molecular weight is 327 g/mol. The molecule has 0 unspecified atom stereocenters. The first kappa shape index (κ1) is 17.5. The van der Waals surface area contributed by atoms with E-state index in [0.29, 0.717) is 0 Å². The standard InChI is InChI=1S/C19H21NO4/c1-19(2,3)24-18(22)20-16(17(21)23-4)12-14-10-7-9-13-8-5-6-11-15(13)14/h5-12H,1-4H3,(H,20,22)/b16-12+. The zero-order valence-electron chi connectivity index (χ0n) is 14.3. The lowest BCUT2D eigenvalue weighted by Gasteiger charge is -2.20. The number of fused-ring (bicyclic) bond motifs is 1. The molecule has 0 aromatic heterocycles. The number of alkyl carbamates (subject to hydrolysis) is 1. The van der Waals surface area contributed by atoms with Crippen LogP contribution in [0.25, 0.3) is 16.8 Å². The molecule has 0 aliphatic rings. The van der Waals surface area contributed by atoms with Crippen LogP contribution in [0.3, 0.4) is 0 Å². The number of rotatable bonds is 3. The molecule has 0 saturated carbocycles. The molecule has 126 valence electrons. The van der Waals surface area contributed by atoms with E-state index in [4.69, 9.17) is 9.47 Å². The molecule has 0 radical (unpaired) electrons. The molecule has 0 aliphatic carbocycles. The van der Waals surface area contributed by atoms with E-state index in [2.05, 4.69) is 5.32 Å². The number of amides is 1. The number of ether oxygens (including phenoxy) is 2. The van der Waals surface area contributed by atoms with Gasteiger partial charge in [0.1, 0.15) is 11.3 Å². The number of esters is 1. The molecule has 5 nitrogen and oxygen atoms in total. The molecule has 1 N–H and O–H groups in total.